The number of carboxylic acids is 1. The Morgan fingerprint density at radius 3 is 2.20 bits per heavy atom. The zero-order valence-corrected chi connectivity index (χ0v) is 12.3. The van der Waals surface area contributed by atoms with Gasteiger partial charge in [0.05, 0.1) is 0 Å². The number of aliphatic carboxylic acids is 1. The zero-order valence-electron chi connectivity index (χ0n) is 12.3. The van der Waals surface area contributed by atoms with Gasteiger partial charge in [-0.25, -0.2) is 4.79 Å². The van der Waals surface area contributed by atoms with Crippen molar-refractivity contribution in [2.45, 2.75) is 52.1 Å². The smallest absolute Gasteiger partial charge is 0.326 e. The quantitative estimate of drug-likeness (QED) is 0.469. The molecular weight excluding hydrogens is 262 g/mol. The summed E-state index contributed by atoms with van der Waals surface area (Å²) in [6, 6.07) is -1.68. The van der Waals surface area contributed by atoms with Gasteiger partial charge in [-0.2, -0.15) is 0 Å². The van der Waals surface area contributed by atoms with Crippen LogP contribution in [0.1, 0.15) is 40.0 Å². The van der Waals surface area contributed by atoms with Crippen molar-refractivity contribution in [3.8, 4) is 0 Å². The van der Waals surface area contributed by atoms with Crippen LogP contribution in [0.15, 0.2) is 0 Å². The van der Waals surface area contributed by atoms with E-state index in [9.17, 15) is 14.4 Å². The molecular formula is C13H25N3O4. The van der Waals surface area contributed by atoms with Gasteiger partial charge < -0.3 is 21.5 Å². The van der Waals surface area contributed by atoms with Gasteiger partial charge in [0, 0.05) is 6.42 Å². The van der Waals surface area contributed by atoms with Gasteiger partial charge in [0.2, 0.25) is 11.8 Å². The van der Waals surface area contributed by atoms with E-state index in [0.717, 1.165) is 0 Å². The minimum Gasteiger partial charge on any atom is -0.480 e. The van der Waals surface area contributed by atoms with E-state index < -0.39 is 24.0 Å². The molecule has 7 nitrogen and oxygen atoms in total. The molecule has 116 valence electrons. The number of nitrogens with one attached hydrogen (secondary N) is 2. The maximum atomic E-state index is 12.1. The first-order valence-corrected chi connectivity index (χ1v) is 6.86. The molecule has 0 fully saturated rings. The van der Waals surface area contributed by atoms with Crippen molar-refractivity contribution in [2.24, 2.45) is 11.7 Å². The summed E-state index contributed by atoms with van der Waals surface area (Å²) in [5.41, 5.74) is 5.32. The number of amides is 2. The lowest BCUT2D eigenvalue weighted by molar-refractivity contribution is -0.142. The van der Waals surface area contributed by atoms with E-state index in [1.165, 1.54) is 0 Å². The third-order valence-electron chi connectivity index (χ3n) is 2.90. The summed E-state index contributed by atoms with van der Waals surface area (Å²) in [4.78, 5) is 34.6. The molecule has 0 aromatic heterocycles. The summed E-state index contributed by atoms with van der Waals surface area (Å²) in [5.74, 6) is -1.95. The highest BCUT2D eigenvalue weighted by Crippen LogP contribution is 2.04. The van der Waals surface area contributed by atoms with Crippen molar-refractivity contribution < 1.29 is 19.5 Å². The molecule has 0 aliphatic heterocycles. The standard InChI is InChI=1S/C13H25N3O4/c1-4-9(13(19)20)15-12(18)11(8(2)3)16-10(17)6-5-7-14/h8-9,11H,4-7,14H2,1-3H3,(H,15,18)(H,16,17)(H,19,20)/t9?,11-/m0/s1. The molecule has 0 spiro atoms. The largest absolute Gasteiger partial charge is 0.480 e. The fourth-order valence-corrected chi connectivity index (χ4v) is 1.64. The number of rotatable bonds is 9. The predicted molar refractivity (Wildman–Crippen MR) is 74.9 cm³/mol. The fraction of sp³-hybridized carbons (Fsp3) is 0.769. The molecule has 0 aromatic carbocycles. The van der Waals surface area contributed by atoms with Crippen molar-refractivity contribution in [1.29, 1.82) is 0 Å². The monoisotopic (exact) mass is 287 g/mol. The van der Waals surface area contributed by atoms with Gasteiger partial charge in [0.15, 0.2) is 0 Å². The molecule has 0 radical (unpaired) electrons. The lowest BCUT2D eigenvalue weighted by Crippen LogP contribution is -2.53. The van der Waals surface area contributed by atoms with Gasteiger partial charge >= 0.3 is 5.97 Å². The van der Waals surface area contributed by atoms with Gasteiger partial charge in [-0.1, -0.05) is 20.8 Å². The molecule has 0 aliphatic rings. The van der Waals surface area contributed by atoms with E-state index in [1.807, 2.05) is 0 Å². The van der Waals surface area contributed by atoms with E-state index in [2.05, 4.69) is 10.6 Å². The molecule has 1 unspecified atom stereocenters. The van der Waals surface area contributed by atoms with Gasteiger partial charge in [-0.05, 0) is 25.3 Å². The van der Waals surface area contributed by atoms with Crippen LogP contribution in [0, 0.1) is 5.92 Å². The van der Waals surface area contributed by atoms with Crippen LogP contribution in [0.3, 0.4) is 0 Å². The predicted octanol–water partition coefficient (Wildman–Crippen LogP) is -0.154. The molecule has 0 rings (SSSR count). The summed E-state index contributed by atoms with van der Waals surface area (Å²) in [6.07, 6.45) is 1.08. The molecule has 0 saturated heterocycles. The molecule has 0 heterocycles. The first-order valence-electron chi connectivity index (χ1n) is 6.86. The minimum atomic E-state index is -1.09. The molecule has 0 saturated carbocycles. The molecule has 5 N–H and O–H groups in total. The maximum absolute atomic E-state index is 12.1. The Morgan fingerprint density at radius 2 is 1.80 bits per heavy atom. The van der Waals surface area contributed by atoms with Gasteiger partial charge in [-0.15, -0.1) is 0 Å². The number of hydrogen-bond donors (Lipinski definition) is 4. The fourth-order valence-electron chi connectivity index (χ4n) is 1.64. The number of carboxylic acid groups (broad SMARTS) is 1. The average molecular weight is 287 g/mol. The Kier molecular flexibility index (Phi) is 8.54. The normalized spacial score (nSPS) is 13.7. The van der Waals surface area contributed by atoms with Gasteiger partial charge in [0.1, 0.15) is 12.1 Å². The number of nitrogens with two attached hydrogens (primary N) is 1. The highest BCUT2D eigenvalue weighted by molar-refractivity contribution is 5.90. The van der Waals surface area contributed by atoms with Crippen LogP contribution in [-0.4, -0.2) is 41.5 Å². The van der Waals surface area contributed by atoms with Crippen molar-refractivity contribution in [2.75, 3.05) is 6.54 Å². The van der Waals surface area contributed by atoms with Crippen LogP contribution in [0.4, 0.5) is 0 Å². The Bertz CT molecular complexity index is 345. The molecule has 7 heteroatoms. The number of hydrogen-bond acceptors (Lipinski definition) is 4. The highest BCUT2D eigenvalue weighted by atomic mass is 16.4. The molecule has 20 heavy (non-hydrogen) atoms. The summed E-state index contributed by atoms with van der Waals surface area (Å²) < 4.78 is 0. The highest BCUT2D eigenvalue weighted by Gasteiger charge is 2.27. The summed E-state index contributed by atoms with van der Waals surface area (Å²) in [5, 5.41) is 14.0. The molecule has 2 atom stereocenters. The SMILES string of the molecule is CCC(NC(=O)[C@@H](NC(=O)CCCN)C(C)C)C(=O)O. The number of carbonyl (C=O) groups excluding carboxylic acids is 2. The third kappa shape index (κ3) is 6.51. The second-order valence-corrected chi connectivity index (χ2v) is 4.99. The van der Waals surface area contributed by atoms with Crippen LogP contribution < -0.4 is 16.4 Å². The molecule has 0 aromatic rings. The third-order valence-corrected chi connectivity index (χ3v) is 2.90. The van der Waals surface area contributed by atoms with Crippen molar-refractivity contribution in [1.82, 2.24) is 10.6 Å². The zero-order chi connectivity index (χ0) is 15.7. The van der Waals surface area contributed by atoms with Crippen LogP contribution in [0.2, 0.25) is 0 Å². The van der Waals surface area contributed by atoms with E-state index in [0.29, 0.717) is 13.0 Å². The van der Waals surface area contributed by atoms with E-state index in [-0.39, 0.29) is 24.7 Å². The van der Waals surface area contributed by atoms with Crippen LogP contribution >= 0.6 is 0 Å². The first-order chi connectivity index (χ1) is 9.33. The second kappa shape index (κ2) is 9.30. The van der Waals surface area contributed by atoms with E-state index in [1.54, 1.807) is 20.8 Å². The van der Waals surface area contributed by atoms with Gasteiger partial charge in [-0.3, -0.25) is 9.59 Å². The van der Waals surface area contributed by atoms with Crippen LogP contribution in [-0.2, 0) is 14.4 Å². The van der Waals surface area contributed by atoms with E-state index >= 15 is 0 Å². The Labute approximate surface area is 119 Å². The Hall–Kier alpha value is -1.63. The van der Waals surface area contributed by atoms with Crippen molar-refractivity contribution in [3.63, 3.8) is 0 Å². The molecule has 2 amide bonds. The summed E-state index contributed by atoms with van der Waals surface area (Å²) >= 11 is 0. The molecule has 0 aliphatic carbocycles. The van der Waals surface area contributed by atoms with E-state index in [4.69, 9.17) is 10.8 Å². The van der Waals surface area contributed by atoms with Crippen molar-refractivity contribution >= 4 is 17.8 Å². The van der Waals surface area contributed by atoms with Crippen molar-refractivity contribution in [3.05, 3.63) is 0 Å². The van der Waals surface area contributed by atoms with Crippen LogP contribution in [0.25, 0.3) is 0 Å². The first kappa shape index (κ1) is 18.4. The lowest BCUT2D eigenvalue weighted by atomic mass is 10.0. The second-order valence-electron chi connectivity index (χ2n) is 4.99. The average Bonchev–Trinajstić information content (AvgIpc) is 2.38. The van der Waals surface area contributed by atoms with Gasteiger partial charge in [0.25, 0.3) is 0 Å². The summed E-state index contributed by atoms with van der Waals surface area (Å²) in [7, 11) is 0. The summed E-state index contributed by atoms with van der Waals surface area (Å²) in [6.45, 7) is 5.65. The lowest BCUT2D eigenvalue weighted by Gasteiger charge is -2.23. The Balaban J connectivity index is 4.62. The maximum Gasteiger partial charge on any atom is 0.326 e. The van der Waals surface area contributed by atoms with Crippen LogP contribution in [0.5, 0.6) is 0 Å². The number of carbonyl (C=O) groups is 3. The minimum absolute atomic E-state index is 0.136. The topological polar surface area (TPSA) is 122 Å². The Morgan fingerprint density at radius 1 is 1.20 bits per heavy atom. The molecule has 0 bridgehead atoms.